The first-order valence-electron chi connectivity index (χ1n) is 10.3. The Morgan fingerprint density at radius 2 is 1.85 bits per heavy atom. The second kappa shape index (κ2) is 9.32. The molecule has 33 heavy (non-hydrogen) atoms. The van der Waals surface area contributed by atoms with Crippen molar-refractivity contribution in [3.05, 3.63) is 84.1 Å². The number of halogens is 3. The van der Waals surface area contributed by atoms with Gasteiger partial charge >= 0.3 is 0 Å². The van der Waals surface area contributed by atoms with E-state index in [1.165, 1.54) is 24.5 Å². The molecule has 1 unspecified atom stereocenters. The van der Waals surface area contributed by atoms with Crippen LogP contribution in [0.25, 0.3) is 11.0 Å². The highest BCUT2D eigenvalue weighted by molar-refractivity contribution is 5.84. The van der Waals surface area contributed by atoms with E-state index in [-0.39, 0.29) is 29.8 Å². The highest BCUT2D eigenvalue weighted by Crippen LogP contribution is 2.26. The van der Waals surface area contributed by atoms with Gasteiger partial charge in [-0.25, -0.2) is 23.1 Å². The predicted molar refractivity (Wildman–Crippen MR) is 116 cm³/mol. The van der Waals surface area contributed by atoms with E-state index in [0.29, 0.717) is 11.3 Å². The maximum atomic E-state index is 13.8. The molecule has 4 aromatic rings. The molecule has 0 aliphatic rings. The molecule has 2 aromatic heterocycles. The lowest BCUT2D eigenvalue weighted by Crippen LogP contribution is -2.34. The summed E-state index contributed by atoms with van der Waals surface area (Å²) in [6, 6.07) is 10.4. The van der Waals surface area contributed by atoms with E-state index >= 15 is 0 Å². The van der Waals surface area contributed by atoms with Gasteiger partial charge in [-0.05, 0) is 23.6 Å². The standard InChI is InChI=1S/C24H21F3N4O2/c1-14(2)23(31-13-30-20-9-18(26)19(27)10-21(20)31)24(32)29-12-15-6-7-22(28-11-15)33-17-5-3-4-16(25)8-17/h3-11,13-14,23H,12H2,1-2H3,(H,29,32). The van der Waals surface area contributed by atoms with Crippen molar-refractivity contribution in [2.45, 2.75) is 26.4 Å². The van der Waals surface area contributed by atoms with Crippen LogP contribution in [0.3, 0.4) is 0 Å². The minimum atomic E-state index is -1.00. The van der Waals surface area contributed by atoms with Crippen LogP contribution in [0.2, 0.25) is 0 Å². The van der Waals surface area contributed by atoms with E-state index in [1.54, 1.807) is 29.0 Å². The van der Waals surface area contributed by atoms with E-state index in [0.717, 1.165) is 17.7 Å². The lowest BCUT2D eigenvalue weighted by molar-refractivity contribution is -0.125. The first-order valence-corrected chi connectivity index (χ1v) is 10.3. The van der Waals surface area contributed by atoms with Gasteiger partial charge in [0.2, 0.25) is 11.8 Å². The monoisotopic (exact) mass is 454 g/mol. The molecule has 4 rings (SSSR count). The number of rotatable bonds is 7. The topological polar surface area (TPSA) is 69.0 Å². The molecule has 9 heteroatoms. The molecule has 1 atom stereocenters. The highest BCUT2D eigenvalue weighted by atomic mass is 19.2. The second-order valence-corrected chi connectivity index (χ2v) is 7.88. The summed E-state index contributed by atoms with van der Waals surface area (Å²) in [6.07, 6.45) is 2.96. The van der Waals surface area contributed by atoms with E-state index in [9.17, 15) is 18.0 Å². The first kappa shape index (κ1) is 22.3. The van der Waals surface area contributed by atoms with Gasteiger partial charge in [0.1, 0.15) is 17.6 Å². The molecule has 0 radical (unpaired) electrons. The SMILES string of the molecule is CC(C)C(C(=O)NCc1ccc(Oc2cccc(F)c2)nc1)n1cnc2cc(F)c(F)cc21. The van der Waals surface area contributed by atoms with Crippen LogP contribution in [0, 0.1) is 23.4 Å². The number of nitrogens with one attached hydrogen (secondary N) is 1. The van der Waals surface area contributed by atoms with E-state index < -0.39 is 23.5 Å². The zero-order valence-electron chi connectivity index (χ0n) is 17.9. The van der Waals surface area contributed by atoms with Gasteiger partial charge in [-0.3, -0.25) is 4.79 Å². The number of fused-ring (bicyclic) bond motifs is 1. The summed E-state index contributed by atoms with van der Waals surface area (Å²) >= 11 is 0. The largest absolute Gasteiger partial charge is 0.439 e. The van der Waals surface area contributed by atoms with Gasteiger partial charge in [0.25, 0.3) is 0 Å². The Morgan fingerprint density at radius 3 is 2.55 bits per heavy atom. The first-order chi connectivity index (χ1) is 15.8. The van der Waals surface area contributed by atoms with Crippen LogP contribution in [0.5, 0.6) is 11.6 Å². The maximum absolute atomic E-state index is 13.8. The fraction of sp³-hybridized carbons (Fsp3) is 0.208. The quantitative estimate of drug-likeness (QED) is 0.419. The molecule has 1 amide bonds. The lowest BCUT2D eigenvalue weighted by atomic mass is 10.0. The third kappa shape index (κ3) is 4.97. The number of imidazole rings is 1. The van der Waals surface area contributed by atoms with E-state index in [4.69, 9.17) is 4.74 Å². The van der Waals surface area contributed by atoms with Crippen molar-refractivity contribution in [3.63, 3.8) is 0 Å². The Hall–Kier alpha value is -3.88. The van der Waals surface area contributed by atoms with Gasteiger partial charge in [-0.1, -0.05) is 26.0 Å². The van der Waals surface area contributed by atoms with Crippen LogP contribution in [0.15, 0.2) is 61.1 Å². The van der Waals surface area contributed by atoms with Gasteiger partial charge in [-0.2, -0.15) is 0 Å². The molecule has 0 bridgehead atoms. The second-order valence-electron chi connectivity index (χ2n) is 7.88. The summed E-state index contributed by atoms with van der Waals surface area (Å²) in [6.45, 7) is 3.91. The maximum Gasteiger partial charge on any atom is 0.243 e. The van der Waals surface area contributed by atoms with Crippen molar-refractivity contribution in [3.8, 4) is 11.6 Å². The number of carbonyl (C=O) groups excluding carboxylic acids is 1. The number of ether oxygens (including phenoxy) is 1. The fourth-order valence-corrected chi connectivity index (χ4v) is 3.52. The van der Waals surface area contributed by atoms with Crippen LogP contribution in [-0.2, 0) is 11.3 Å². The molecule has 0 aliphatic carbocycles. The molecule has 6 nitrogen and oxygen atoms in total. The molecule has 170 valence electrons. The molecule has 0 fully saturated rings. The van der Waals surface area contributed by atoms with Crippen molar-refractivity contribution in [1.82, 2.24) is 19.9 Å². The molecule has 0 spiro atoms. The molecule has 0 saturated heterocycles. The van der Waals surface area contributed by atoms with Crippen molar-refractivity contribution in [2.24, 2.45) is 5.92 Å². The molecule has 2 heterocycles. The Balaban J connectivity index is 1.45. The summed E-state index contributed by atoms with van der Waals surface area (Å²) < 4.78 is 47.6. The summed E-state index contributed by atoms with van der Waals surface area (Å²) in [7, 11) is 0. The van der Waals surface area contributed by atoms with Gasteiger partial charge in [-0.15, -0.1) is 0 Å². The van der Waals surface area contributed by atoms with Crippen LogP contribution < -0.4 is 10.1 Å². The van der Waals surface area contributed by atoms with Gasteiger partial charge < -0.3 is 14.6 Å². The summed E-state index contributed by atoms with van der Waals surface area (Å²) in [5.74, 6) is -2.23. The third-order valence-corrected chi connectivity index (χ3v) is 5.10. The van der Waals surface area contributed by atoms with Crippen molar-refractivity contribution >= 4 is 16.9 Å². The Morgan fingerprint density at radius 1 is 1.06 bits per heavy atom. The molecule has 0 saturated carbocycles. The summed E-state index contributed by atoms with van der Waals surface area (Å²) in [4.78, 5) is 21.3. The molecule has 2 aromatic carbocycles. The number of amides is 1. The Kier molecular flexibility index (Phi) is 6.30. The van der Waals surface area contributed by atoms with Crippen LogP contribution in [-0.4, -0.2) is 20.4 Å². The number of aromatic nitrogens is 3. The van der Waals surface area contributed by atoms with Crippen LogP contribution >= 0.6 is 0 Å². The summed E-state index contributed by atoms with van der Waals surface area (Å²) in [5, 5.41) is 2.85. The Labute approximate surface area is 188 Å². The smallest absolute Gasteiger partial charge is 0.243 e. The number of hydrogen-bond donors (Lipinski definition) is 1. The van der Waals surface area contributed by atoms with Gasteiger partial charge in [0.15, 0.2) is 11.6 Å². The normalized spacial score (nSPS) is 12.2. The van der Waals surface area contributed by atoms with Crippen molar-refractivity contribution in [1.29, 1.82) is 0 Å². The minimum Gasteiger partial charge on any atom is -0.439 e. The van der Waals surface area contributed by atoms with Gasteiger partial charge in [0.05, 0.1) is 17.4 Å². The number of benzene rings is 2. The predicted octanol–water partition coefficient (Wildman–Crippen LogP) is 5.15. The fourth-order valence-electron chi connectivity index (χ4n) is 3.52. The molecular weight excluding hydrogens is 433 g/mol. The van der Waals surface area contributed by atoms with E-state index in [2.05, 4.69) is 15.3 Å². The zero-order chi connectivity index (χ0) is 23.5. The number of nitrogens with zero attached hydrogens (tertiary/aromatic N) is 3. The minimum absolute atomic E-state index is 0.143. The number of carbonyl (C=O) groups is 1. The van der Waals surface area contributed by atoms with Crippen LogP contribution in [0.4, 0.5) is 13.2 Å². The lowest BCUT2D eigenvalue weighted by Gasteiger charge is -2.22. The Bertz CT molecular complexity index is 1290. The third-order valence-electron chi connectivity index (χ3n) is 5.10. The molecule has 0 aliphatic heterocycles. The van der Waals surface area contributed by atoms with Gasteiger partial charge in [0, 0.05) is 37.0 Å². The van der Waals surface area contributed by atoms with Crippen LogP contribution in [0.1, 0.15) is 25.5 Å². The van der Waals surface area contributed by atoms with E-state index in [1.807, 2.05) is 13.8 Å². The van der Waals surface area contributed by atoms with Crippen molar-refractivity contribution in [2.75, 3.05) is 0 Å². The number of pyridine rings is 1. The zero-order valence-corrected chi connectivity index (χ0v) is 17.9. The summed E-state index contributed by atoms with van der Waals surface area (Å²) in [5.41, 5.74) is 1.33. The number of hydrogen-bond acceptors (Lipinski definition) is 4. The molecular formula is C24H21F3N4O2. The molecule has 1 N–H and O–H groups in total. The van der Waals surface area contributed by atoms with Crippen molar-refractivity contribution < 1.29 is 22.7 Å². The highest BCUT2D eigenvalue weighted by Gasteiger charge is 2.26. The average molecular weight is 454 g/mol. The average Bonchev–Trinajstić information content (AvgIpc) is 3.15.